The number of pyridine rings is 1. The zero-order chi connectivity index (χ0) is 13.9. The number of benzene rings is 1. The lowest BCUT2D eigenvalue weighted by Gasteiger charge is -2.22. The molecule has 0 atom stereocenters. The second-order valence-electron chi connectivity index (χ2n) is 5.93. The van der Waals surface area contributed by atoms with Crippen molar-refractivity contribution in [1.29, 1.82) is 0 Å². The lowest BCUT2D eigenvalue weighted by molar-refractivity contribution is 0.372. The standard InChI is InChI=1S/C17H22N2O/c1-12-7-8-13-10-14(17(20)19-16(13)9-12)11-18-15-5-3-2-4-6-15/h7-10,15,18H,2-6,11H2,1H3,(H,19,20). The molecule has 0 aliphatic heterocycles. The summed E-state index contributed by atoms with van der Waals surface area (Å²) in [6, 6.07) is 8.78. The second kappa shape index (κ2) is 5.80. The molecule has 0 saturated heterocycles. The molecule has 0 radical (unpaired) electrons. The number of rotatable bonds is 3. The van der Waals surface area contributed by atoms with Crippen LogP contribution in [0.1, 0.15) is 43.2 Å². The van der Waals surface area contributed by atoms with Crippen molar-refractivity contribution in [3.63, 3.8) is 0 Å². The minimum Gasteiger partial charge on any atom is -0.322 e. The molecule has 1 aliphatic carbocycles. The molecule has 1 fully saturated rings. The van der Waals surface area contributed by atoms with Crippen LogP contribution in [0.3, 0.4) is 0 Å². The fourth-order valence-electron chi connectivity index (χ4n) is 3.05. The van der Waals surface area contributed by atoms with Crippen LogP contribution in [0.5, 0.6) is 0 Å². The van der Waals surface area contributed by atoms with Crippen LogP contribution in [0.2, 0.25) is 0 Å². The van der Waals surface area contributed by atoms with Crippen LogP contribution in [0.25, 0.3) is 10.9 Å². The van der Waals surface area contributed by atoms with Gasteiger partial charge in [0, 0.05) is 23.7 Å². The smallest absolute Gasteiger partial charge is 0.252 e. The lowest BCUT2D eigenvalue weighted by atomic mass is 9.95. The first-order valence-corrected chi connectivity index (χ1v) is 7.58. The van der Waals surface area contributed by atoms with Crippen LogP contribution < -0.4 is 10.9 Å². The molecule has 3 nitrogen and oxygen atoms in total. The molecule has 3 rings (SSSR count). The molecule has 1 aromatic carbocycles. The molecular formula is C17H22N2O. The van der Waals surface area contributed by atoms with Crippen molar-refractivity contribution < 1.29 is 0 Å². The molecule has 0 spiro atoms. The number of H-pyrrole nitrogens is 1. The van der Waals surface area contributed by atoms with Gasteiger partial charge in [-0.25, -0.2) is 0 Å². The van der Waals surface area contributed by atoms with Crippen LogP contribution in [0.15, 0.2) is 29.1 Å². The third-order valence-corrected chi connectivity index (χ3v) is 4.26. The van der Waals surface area contributed by atoms with Crippen LogP contribution in [-0.2, 0) is 6.54 Å². The predicted molar refractivity (Wildman–Crippen MR) is 83.0 cm³/mol. The van der Waals surface area contributed by atoms with Gasteiger partial charge in [-0.3, -0.25) is 4.79 Å². The van der Waals surface area contributed by atoms with Gasteiger partial charge < -0.3 is 10.3 Å². The summed E-state index contributed by atoms with van der Waals surface area (Å²) in [5.74, 6) is 0. The Bertz CT molecular complexity index is 654. The first kappa shape index (κ1) is 13.4. The summed E-state index contributed by atoms with van der Waals surface area (Å²) in [6.07, 6.45) is 6.46. The molecule has 1 aliphatic rings. The Labute approximate surface area is 119 Å². The summed E-state index contributed by atoms with van der Waals surface area (Å²) in [6.45, 7) is 2.71. The van der Waals surface area contributed by atoms with E-state index >= 15 is 0 Å². The molecule has 1 saturated carbocycles. The fourth-order valence-corrected chi connectivity index (χ4v) is 3.05. The average molecular weight is 270 g/mol. The van der Waals surface area contributed by atoms with E-state index in [2.05, 4.69) is 22.4 Å². The molecular weight excluding hydrogens is 248 g/mol. The van der Waals surface area contributed by atoms with Crippen molar-refractivity contribution in [2.75, 3.05) is 0 Å². The van der Waals surface area contributed by atoms with Crippen molar-refractivity contribution in [3.05, 3.63) is 45.7 Å². The quantitative estimate of drug-likeness (QED) is 0.899. The maximum absolute atomic E-state index is 12.1. The van der Waals surface area contributed by atoms with Crippen LogP contribution in [0.4, 0.5) is 0 Å². The highest BCUT2D eigenvalue weighted by Crippen LogP contribution is 2.18. The number of aryl methyl sites for hydroxylation is 1. The normalized spacial score (nSPS) is 16.6. The first-order chi connectivity index (χ1) is 9.72. The molecule has 2 aromatic rings. The topological polar surface area (TPSA) is 44.9 Å². The van der Waals surface area contributed by atoms with Gasteiger partial charge in [-0.1, -0.05) is 31.4 Å². The number of hydrogen-bond donors (Lipinski definition) is 2. The van der Waals surface area contributed by atoms with Crippen molar-refractivity contribution in [2.24, 2.45) is 0 Å². The van der Waals surface area contributed by atoms with Gasteiger partial charge in [-0.15, -0.1) is 0 Å². The summed E-state index contributed by atoms with van der Waals surface area (Å²) >= 11 is 0. The monoisotopic (exact) mass is 270 g/mol. The molecule has 3 heteroatoms. The number of fused-ring (bicyclic) bond motifs is 1. The molecule has 0 amide bonds. The lowest BCUT2D eigenvalue weighted by Crippen LogP contribution is -2.32. The highest BCUT2D eigenvalue weighted by molar-refractivity contribution is 5.79. The van der Waals surface area contributed by atoms with Crippen LogP contribution >= 0.6 is 0 Å². The third-order valence-electron chi connectivity index (χ3n) is 4.26. The summed E-state index contributed by atoms with van der Waals surface area (Å²) in [5, 5.41) is 4.64. The average Bonchev–Trinajstić information content (AvgIpc) is 2.46. The van der Waals surface area contributed by atoms with Crippen molar-refractivity contribution in [2.45, 2.75) is 51.6 Å². The van der Waals surface area contributed by atoms with E-state index in [1.165, 1.54) is 37.7 Å². The SMILES string of the molecule is Cc1ccc2cc(CNC3CCCCC3)c(=O)[nH]c2c1. The Morgan fingerprint density at radius 2 is 2.00 bits per heavy atom. The van der Waals surface area contributed by atoms with Crippen molar-refractivity contribution in [3.8, 4) is 0 Å². The Balaban J connectivity index is 1.78. The van der Waals surface area contributed by atoms with E-state index in [-0.39, 0.29) is 5.56 Å². The van der Waals surface area contributed by atoms with Gasteiger partial charge in [0.05, 0.1) is 0 Å². The Morgan fingerprint density at radius 3 is 2.80 bits per heavy atom. The molecule has 20 heavy (non-hydrogen) atoms. The second-order valence-corrected chi connectivity index (χ2v) is 5.93. The summed E-state index contributed by atoms with van der Waals surface area (Å²) in [5.41, 5.74) is 2.97. The summed E-state index contributed by atoms with van der Waals surface area (Å²) < 4.78 is 0. The molecule has 2 N–H and O–H groups in total. The van der Waals surface area contributed by atoms with E-state index in [9.17, 15) is 4.79 Å². The Hall–Kier alpha value is -1.61. The zero-order valence-electron chi connectivity index (χ0n) is 12.0. The maximum atomic E-state index is 12.1. The van der Waals surface area contributed by atoms with Crippen LogP contribution in [0, 0.1) is 6.92 Å². The molecule has 1 aromatic heterocycles. The highest BCUT2D eigenvalue weighted by Gasteiger charge is 2.13. The fraction of sp³-hybridized carbons (Fsp3) is 0.471. The van der Waals surface area contributed by atoms with E-state index < -0.39 is 0 Å². The minimum absolute atomic E-state index is 0.0337. The van der Waals surface area contributed by atoms with Gasteiger partial charge in [-0.05, 0) is 42.8 Å². The van der Waals surface area contributed by atoms with Gasteiger partial charge in [0.2, 0.25) is 0 Å². The number of aromatic nitrogens is 1. The van der Waals surface area contributed by atoms with Gasteiger partial charge in [0.1, 0.15) is 0 Å². The predicted octanol–water partition coefficient (Wildman–Crippen LogP) is 3.26. The van der Waals surface area contributed by atoms with E-state index in [4.69, 9.17) is 0 Å². The van der Waals surface area contributed by atoms with Gasteiger partial charge in [0.25, 0.3) is 5.56 Å². The number of nitrogens with one attached hydrogen (secondary N) is 2. The van der Waals surface area contributed by atoms with E-state index in [0.29, 0.717) is 12.6 Å². The molecule has 1 heterocycles. The largest absolute Gasteiger partial charge is 0.322 e. The van der Waals surface area contributed by atoms with Gasteiger partial charge in [0.15, 0.2) is 0 Å². The Morgan fingerprint density at radius 1 is 1.20 bits per heavy atom. The number of aromatic amines is 1. The molecule has 106 valence electrons. The van der Waals surface area contributed by atoms with E-state index in [1.54, 1.807) is 0 Å². The molecule has 0 unspecified atom stereocenters. The first-order valence-electron chi connectivity index (χ1n) is 7.58. The minimum atomic E-state index is 0.0337. The van der Waals surface area contributed by atoms with E-state index in [0.717, 1.165) is 16.5 Å². The van der Waals surface area contributed by atoms with Crippen molar-refractivity contribution in [1.82, 2.24) is 10.3 Å². The zero-order valence-corrected chi connectivity index (χ0v) is 12.0. The third kappa shape index (κ3) is 2.93. The Kier molecular flexibility index (Phi) is 3.88. The van der Waals surface area contributed by atoms with E-state index in [1.807, 2.05) is 19.1 Å². The summed E-state index contributed by atoms with van der Waals surface area (Å²) in [7, 11) is 0. The van der Waals surface area contributed by atoms with Gasteiger partial charge >= 0.3 is 0 Å². The highest BCUT2D eigenvalue weighted by atomic mass is 16.1. The number of hydrogen-bond acceptors (Lipinski definition) is 2. The molecule has 0 bridgehead atoms. The summed E-state index contributed by atoms with van der Waals surface area (Å²) in [4.78, 5) is 15.1. The van der Waals surface area contributed by atoms with Gasteiger partial charge in [-0.2, -0.15) is 0 Å². The maximum Gasteiger partial charge on any atom is 0.252 e. The van der Waals surface area contributed by atoms with Crippen molar-refractivity contribution >= 4 is 10.9 Å². The van der Waals surface area contributed by atoms with Crippen LogP contribution in [-0.4, -0.2) is 11.0 Å².